The molecular weight excluding hydrogens is 524 g/mol. The van der Waals surface area contributed by atoms with Crippen molar-refractivity contribution in [2.75, 3.05) is 26.5 Å². The van der Waals surface area contributed by atoms with Gasteiger partial charge in [0.15, 0.2) is 11.5 Å². The van der Waals surface area contributed by atoms with Crippen LogP contribution in [0.5, 0.6) is 11.5 Å². The van der Waals surface area contributed by atoms with E-state index in [-0.39, 0.29) is 36.8 Å². The van der Waals surface area contributed by atoms with E-state index in [0.717, 1.165) is 34.4 Å². The number of hydrogen-bond donors (Lipinski definition) is 0. The maximum atomic E-state index is 13.9. The summed E-state index contributed by atoms with van der Waals surface area (Å²) in [5.74, 6) is 1.04. The van der Waals surface area contributed by atoms with Crippen molar-refractivity contribution in [3.05, 3.63) is 75.5 Å². The smallest absolute Gasteiger partial charge is 0.243 e. The highest BCUT2D eigenvalue weighted by atomic mass is 32.2. The Morgan fingerprint density at radius 1 is 1.03 bits per heavy atom. The zero-order chi connectivity index (χ0) is 26.7. The Hall–Kier alpha value is -2.92. The Bertz CT molecular complexity index is 1380. The summed E-state index contributed by atoms with van der Waals surface area (Å²) >= 11 is 1.58. The van der Waals surface area contributed by atoms with Gasteiger partial charge in [-0.1, -0.05) is 23.8 Å². The molecule has 3 aromatic rings. The van der Waals surface area contributed by atoms with E-state index in [4.69, 9.17) is 14.2 Å². The minimum Gasteiger partial charge on any atom is -0.454 e. The van der Waals surface area contributed by atoms with E-state index in [9.17, 15) is 13.2 Å². The summed E-state index contributed by atoms with van der Waals surface area (Å²) in [6, 6.07) is 14.4. The van der Waals surface area contributed by atoms with Gasteiger partial charge in [0.25, 0.3) is 0 Å². The summed E-state index contributed by atoms with van der Waals surface area (Å²) in [6.07, 6.45) is 1.42. The van der Waals surface area contributed by atoms with Gasteiger partial charge in [-0.25, -0.2) is 8.42 Å². The molecule has 2 aliphatic heterocycles. The monoisotopic (exact) mass is 556 g/mol. The van der Waals surface area contributed by atoms with Crippen molar-refractivity contribution in [3.8, 4) is 11.5 Å². The lowest BCUT2D eigenvalue weighted by Gasteiger charge is -2.29. The summed E-state index contributed by atoms with van der Waals surface area (Å²) in [5.41, 5.74) is 2.94. The van der Waals surface area contributed by atoms with Gasteiger partial charge in [-0.05, 0) is 73.5 Å². The van der Waals surface area contributed by atoms with Gasteiger partial charge in [0.1, 0.15) is 0 Å². The molecule has 5 rings (SSSR count). The highest BCUT2D eigenvalue weighted by Gasteiger charge is 2.32. The average molecular weight is 557 g/mol. The van der Waals surface area contributed by atoms with Gasteiger partial charge < -0.3 is 19.1 Å². The van der Waals surface area contributed by atoms with Crippen LogP contribution in [0.2, 0.25) is 0 Å². The van der Waals surface area contributed by atoms with Crippen LogP contribution in [0.15, 0.2) is 58.8 Å². The predicted octanol–water partition coefficient (Wildman–Crippen LogP) is 4.49. The third kappa shape index (κ3) is 6.04. The molecule has 0 aliphatic carbocycles. The predicted molar refractivity (Wildman–Crippen MR) is 145 cm³/mol. The molecule has 1 amide bonds. The molecular formula is C28H32N2O6S2. The molecule has 3 heterocycles. The van der Waals surface area contributed by atoms with Crippen LogP contribution >= 0.6 is 11.3 Å². The number of carbonyl (C=O) groups is 1. The molecule has 0 bridgehead atoms. The second-order valence-corrected chi connectivity index (χ2v) is 12.6. The number of benzene rings is 2. The van der Waals surface area contributed by atoms with Crippen molar-refractivity contribution in [3.63, 3.8) is 0 Å². The zero-order valence-electron chi connectivity index (χ0n) is 21.6. The normalized spacial score (nSPS) is 16.8. The fourth-order valence-corrected chi connectivity index (χ4v) is 6.95. The molecule has 38 heavy (non-hydrogen) atoms. The fourth-order valence-electron chi connectivity index (χ4n) is 4.60. The zero-order valence-corrected chi connectivity index (χ0v) is 23.2. The Kier molecular flexibility index (Phi) is 8.04. The van der Waals surface area contributed by atoms with Crippen LogP contribution in [0.1, 0.15) is 34.4 Å². The number of ether oxygens (including phenoxy) is 3. The Labute approximate surface area is 227 Å². The molecule has 2 aliphatic rings. The first-order valence-electron chi connectivity index (χ1n) is 12.7. The van der Waals surface area contributed by atoms with Gasteiger partial charge in [-0.2, -0.15) is 4.31 Å². The van der Waals surface area contributed by atoms with Crippen LogP contribution in [0.4, 0.5) is 0 Å². The van der Waals surface area contributed by atoms with E-state index < -0.39 is 10.0 Å². The molecule has 1 saturated heterocycles. The third-order valence-corrected chi connectivity index (χ3v) is 9.70. The van der Waals surface area contributed by atoms with Crippen molar-refractivity contribution in [2.45, 2.75) is 50.8 Å². The van der Waals surface area contributed by atoms with Gasteiger partial charge in [0.2, 0.25) is 22.7 Å². The molecule has 0 radical (unpaired) electrons. The van der Waals surface area contributed by atoms with E-state index in [1.807, 2.05) is 43.5 Å². The second-order valence-electron chi connectivity index (χ2n) is 9.71. The quantitative estimate of drug-likeness (QED) is 0.366. The fraction of sp³-hybridized carbons (Fsp3) is 0.393. The molecule has 0 saturated carbocycles. The van der Waals surface area contributed by atoms with E-state index in [1.165, 1.54) is 4.31 Å². The van der Waals surface area contributed by atoms with Gasteiger partial charge in [0, 0.05) is 24.6 Å². The standard InChI is InChI=1S/C28H32N2O6S2/c1-20-5-8-24(9-6-20)38(32,33)30(16-23-4-3-12-34-23)18-28(31)29(17-27-21(2)11-13-37-27)15-22-7-10-25-26(14-22)36-19-35-25/h5-11,13-14,23H,3-4,12,15-19H2,1-2H3/t23-/m0/s1. The highest BCUT2D eigenvalue weighted by molar-refractivity contribution is 7.89. The first-order valence-corrected chi connectivity index (χ1v) is 15.0. The van der Waals surface area contributed by atoms with Crippen molar-refractivity contribution >= 4 is 27.3 Å². The summed E-state index contributed by atoms with van der Waals surface area (Å²) in [5, 5.41) is 2.00. The molecule has 0 N–H and O–H groups in total. The maximum absolute atomic E-state index is 13.9. The van der Waals surface area contributed by atoms with Crippen LogP contribution in [0, 0.1) is 13.8 Å². The van der Waals surface area contributed by atoms with Crippen LogP contribution < -0.4 is 9.47 Å². The highest BCUT2D eigenvalue weighted by Crippen LogP contribution is 2.33. The molecule has 0 spiro atoms. The van der Waals surface area contributed by atoms with Crippen LogP contribution in [0.3, 0.4) is 0 Å². The largest absolute Gasteiger partial charge is 0.454 e. The third-order valence-electron chi connectivity index (χ3n) is 6.87. The van der Waals surface area contributed by atoms with Crippen molar-refractivity contribution in [1.82, 2.24) is 9.21 Å². The van der Waals surface area contributed by atoms with Gasteiger partial charge in [0.05, 0.1) is 24.1 Å². The molecule has 1 fully saturated rings. The second kappa shape index (κ2) is 11.4. The SMILES string of the molecule is Cc1ccc(S(=O)(=O)N(CC(=O)N(Cc2ccc3c(c2)OCO3)Cc2sccc2C)C[C@@H]2CCCO2)cc1. The van der Waals surface area contributed by atoms with E-state index in [1.54, 1.807) is 40.5 Å². The van der Waals surface area contributed by atoms with Crippen molar-refractivity contribution < 1.29 is 27.4 Å². The maximum Gasteiger partial charge on any atom is 0.243 e. The number of rotatable bonds is 10. The number of sulfonamides is 1. The van der Waals surface area contributed by atoms with Crippen molar-refractivity contribution in [2.24, 2.45) is 0 Å². The number of carbonyl (C=O) groups excluding carboxylic acids is 1. The first-order chi connectivity index (χ1) is 18.3. The summed E-state index contributed by atoms with van der Waals surface area (Å²) in [4.78, 5) is 16.8. The first kappa shape index (κ1) is 26.7. The summed E-state index contributed by atoms with van der Waals surface area (Å²) in [6.45, 7) is 5.25. The topological polar surface area (TPSA) is 85.4 Å². The molecule has 1 aromatic heterocycles. The Morgan fingerprint density at radius 3 is 2.53 bits per heavy atom. The van der Waals surface area contributed by atoms with Gasteiger partial charge >= 0.3 is 0 Å². The lowest BCUT2D eigenvalue weighted by atomic mass is 10.1. The van der Waals surface area contributed by atoms with Crippen molar-refractivity contribution in [1.29, 1.82) is 0 Å². The lowest BCUT2D eigenvalue weighted by Crippen LogP contribution is -2.45. The average Bonchev–Trinajstić information content (AvgIpc) is 3.66. The minimum absolute atomic E-state index is 0.137. The number of fused-ring (bicyclic) bond motifs is 1. The lowest BCUT2D eigenvalue weighted by molar-refractivity contribution is -0.132. The number of thiophene rings is 1. The minimum atomic E-state index is -3.91. The molecule has 8 nitrogen and oxygen atoms in total. The van der Waals surface area contributed by atoms with Gasteiger partial charge in [-0.3, -0.25) is 4.79 Å². The number of amides is 1. The molecule has 0 unspecified atom stereocenters. The van der Waals surface area contributed by atoms with E-state index in [2.05, 4.69) is 0 Å². The van der Waals surface area contributed by atoms with Crippen LogP contribution in [-0.4, -0.2) is 56.1 Å². The molecule has 2 aromatic carbocycles. The van der Waals surface area contributed by atoms with Gasteiger partial charge in [-0.15, -0.1) is 11.3 Å². The Balaban J connectivity index is 1.42. The van der Waals surface area contributed by atoms with Crippen LogP contribution in [0.25, 0.3) is 0 Å². The number of aryl methyl sites for hydroxylation is 2. The number of nitrogens with zero attached hydrogens (tertiary/aromatic N) is 2. The molecule has 1 atom stereocenters. The molecule has 10 heteroatoms. The summed E-state index contributed by atoms with van der Waals surface area (Å²) in [7, 11) is -3.91. The Morgan fingerprint density at radius 2 is 1.82 bits per heavy atom. The number of hydrogen-bond acceptors (Lipinski definition) is 7. The van der Waals surface area contributed by atoms with E-state index in [0.29, 0.717) is 31.2 Å². The summed E-state index contributed by atoms with van der Waals surface area (Å²) < 4.78 is 45.4. The molecule has 202 valence electrons. The van der Waals surface area contributed by atoms with E-state index >= 15 is 0 Å². The van der Waals surface area contributed by atoms with Crippen LogP contribution in [-0.2, 0) is 32.6 Å².